The Hall–Kier alpha value is -1.87. The average molecular weight is 310 g/mol. The molecule has 1 heterocycles. The van der Waals surface area contributed by atoms with Gasteiger partial charge in [0.2, 0.25) is 0 Å². The van der Waals surface area contributed by atoms with E-state index in [2.05, 4.69) is 25.1 Å². The quantitative estimate of drug-likeness (QED) is 0.939. The van der Waals surface area contributed by atoms with Gasteiger partial charge in [-0.25, -0.2) is 0 Å². The molecule has 0 radical (unpaired) electrons. The number of nitrogens with zero attached hydrogens (tertiary/aromatic N) is 1. The molecule has 2 N–H and O–H groups in total. The molecule has 0 amide bonds. The minimum atomic E-state index is -0.349. The molecule has 1 aliphatic rings. The molecule has 0 bridgehead atoms. The number of pyridine rings is 1. The highest BCUT2D eigenvalue weighted by Crippen LogP contribution is 2.26. The standard InChI is InChI=1S/C20H26N2O/c1-3-12-22-14(2)8-11-18(20(22)23)19(21)17-10-9-15-6-4-5-7-16(15)13-17/h8-11,13,19H,3-7,12,21H2,1-2H3. The van der Waals surface area contributed by atoms with Crippen LogP contribution in [0.2, 0.25) is 0 Å². The van der Waals surface area contributed by atoms with Gasteiger partial charge in [-0.3, -0.25) is 4.79 Å². The molecule has 3 rings (SSSR count). The van der Waals surface area contributed by atoms with Crippen LogP contribution in [-0.2, 0) is 19.4 Å². The number of nitrogens with two attached hydrogens (primary N) is 1. The molecule has 2 aromatic rings. The normalized spacial score (nSPS) is 15.3. The topological polar surface area (TPSA) is 48.0 Å². The van der Waals surface area contributed by atoms with Crippen LogP contribution in [0.25, 0.3) is 0 Å². The van der Waals surface area contributed by atoms with Crippen molar-refractivity contribution in [3.63, 3.8) is 0 Å². The SMILES string of the molecule is CCCn1c(C)ccc(C(N)c2ccc3c(c2)CCCC3)c1=O. The Balaban J connectivity index is 1.99. The van der Waals surface area contributed by atoms with Crippen molar-refractivity contribution in [1.29, 1.82) is 0 Å². The summed E-state index contributed by atoms with van der Waals surface area (Å²) >= 11 is 0. The first-order valence-corrected chi connectivity index (χ1v) is 8.69. The third kappa shape index (κ3) is 3.11. The smallest absolute Gasteiger partial charge is 0.255 e. The van der Waals surface area contributed by atoms with E-state index in [0.29, 0.717) is 5.56 Å². The Bertz CT molecular complexity index is 761. The summed E-state index contributed by atoms with van der Waals surface area (Å²) in [6.07, 6.45) is 5.76. The Morgan fingerprint density at radius 1 is 1.13 bits per heavy atom. The molecule has 0 aliphatic heterocycles. The van der Waals surface area contributed by atoms with E-state index in [-0.39, 0.29) is 11.6 Å². The molecule has 0 saturated heterocycles. The predicted octanol–water partition coefficient (Wildman–Crippen LogP) is 3.49. The van der Waals surface area contributed by atoms with Crippen molar-refractivity contribution in [2.45, 2.75) is 58.5 Å². The fourth-order valence-corrected chi connectivity index (χ4v) is 3.55. The zero-order valence-corrected chi connectivity index (χ0v) is 14.1. The molecule has 1 unspecified atom stereocenters. The maximum Gasteiger partial charge on any atom is 0.255 e. The Morgan fingerprint density at radius 2 is 1.87 bits per heavy atom. The van der Waals surface area contributed by atoms with E-state index in [1.165, 1.54) is 30.4 Å². The third-order valence-corrected chi connectivity index (χ3v) is 4.94. The molecule has 0 fully saturated rings. The Labute approximate surface area is 138 Å². The van der Waals surface area contributed by atoms with Crippen LogP contribution in [0.4, 0.5) is 0 Å². The lowest BCUT2D eigenvalue weighted by atomic mass is 9.88. The summed E-state index contributed by atoms with van der Waals surface area (Å²) in [5, 5.41) is 0. The van der Waals surface area contributed by atoms with E-state index in [0.717, 1.165) is 30.6 Å². The van der Waals surface area contributed by atoms with Crippen LogP contribution in [-0.4, -0.2) is 4.57 Å². The number of rotatable bonds is 4. The van der Waals surface area contributed by atoms with E-state index in [1.54, 1.807) is 0 Å². The van der Waals surface area contributed by atoms with Gasteiger partial charge >= 0.3 is 0 Å². The Morgan fingerprint density at radius 3 is 2.61 bits per heavy atom. The first-order chi connectivity index (χ1) is 11.1. The maximum atomic E-state index is 12.8. The van der Waals surface area contributed by atoms with Gasteiger partial charge in [-0.2, -0.15) is 0 Å². The van der Waals surface area contributed by atoms with Gasteiger partial charge in [0, 0.05) is 17.8 Å². The molecule has 0 spiro atoms. The minimum Gasteiger partial charge on any atom is -0.320 e. The van der Waals surface area contributed by atoms with E-state index in [9.17, 15) is 4.79 Å². The first-order valence-electron chi connectivity index (χ1n) is 8.69. The van der Waals surface area contributed by atoms with Crippen LogP contribution in [0.15, 0.2) is 35.1 Å². The van der Waals surface area contributed by atoms with Crippen molar-refractivity contribution in [1.82, 2.24) is 4.57 Å². The van der Waals surface area contributed by atoms with E-state index < -0.39 is 0 Å². The zero-order chi connectivity index (χ0) is 16.4. The number of fused-ring (bicyclic) bond motifs is 1. The number of aryl methyl sites for hydroxylation is 3. The summed E-state index contributed by atoms with van der Waals surface area (Å²) in [5.74, 6) is 0. The van der Waals surface area contributed by atoms with Crippen LogP contribution in [0.5, 0.6) is 0 Å². The predicted molar refractivity (Wildman–Crippen MR) is 94.8 cm³/mol. The molecule has 3 heteroatoms. The van der Waals surface area contributed by atoms with Crippen molar-refractivity contribution in [2.75, 3.05) is 0 Å². The molecular weight excluding hydrogens is 284 g/mol. The molecule has 0 saturated carbocycles. The lowest BCUT2D eigenvalue weighted by Gasteiger charge is -2.20. The van der Waals surface area contributed by atoms with Crippen LogP contribution >= 0.6 is 0 Å². The molecule has 23 heavy (non-hydrogen) atoms. The average Bonchev–Trinajstić information content (AvgIpc) is 2.57. The number of benzene rings is 1. The summed E-state index contributed by atoms with van der Waals surface area (Å²) in [7, 11) is 0. The second kappa shape index (κ2) is 6.71. The van der Waals surface area contributed by atoms with Gasteiger partial charge in [-0.15, -0.1) is 0 Å². The molecule has 122 valence electrons. The third-order valence-electron chi connectivity index (χ3n) is 4.94. The van der Waals surface area contributed by atoms with E-state index in [1.807, 2.05) is 23.6 Å². The maximum absolute atomic E-state index is 12.8. The minimum absolute atomic E-state index is 0.0528. The fraction of sp³-hybridized carbons (Fsp3) is 0.450. The number of aromatic nitrogens is 1. The van der Waals surface area contributed by atoms with Gasteiger partial charge in [0.05, 0.1) is 6.04 Å². The van der Waals surface area contributed by atoms with Gasteiger partial charge in [0.25, 0.3) is 5.56 Å². The summed E-state index contributed by atoms with van der Waals surface area (Å²) < 4.78 is 1.84. The molecule has 1 aromatic heterocycles. The zero-order valence-electron chi connectivity index (χ0n) is 14.1. The summed E-state index contributed by atoms with van der Waals surface area (Å²) in [6.45, 7) is 4.81. The van der Waals surface area contributed by atoms with Crippen molar-refractivity contribution in [3.8, 4) is 0 Å². The molecule has 1 aromatic carbocycles. The van der Waals surface area contributed by atoms with Gasteiger partial charge in [0.15, 0.2) is 0 Å². The van der Waals surface area contributed by atoms with Gasteiger partial charge < -0.3 is 10.3 Å². The van der Waals surface area contributed by atoms with Gasteiger partial charge in [-0.05, 0) is 67.9 Å². The largest absolute Gasteiger partial charge is 0.320 e. The Kier molecular flexibility index (Phi) is 4.67. The molecular formula is C20H26N2O. The van der Waals surface area contributed by atoms with Crippen molar-refractivity contribution < 1.29 is 0 Å². The highest BCUT2D eigenvalue weighted by molar-refractivity contribution is 5.38. The van der Waals surface area contributed by atoms with Crippen LogP contribution in [0.3, 0.4) is 0 Å². The fourth-order valence-electron chi connectivity index (χ4n) is 3.55. The lowest BCUT2D eigenvalue weighted by molar-refractivity contribution is 0.622. The van der Waals surface area contributed by atoms with Gasteiger partial charge in [0.1, 0.15) is 0 Å². The van der Waals surface area contributed by atoms with Crippen molar-refractivity contribution in [3.05, 3.63) is 68.6 Å². The van der Waals surface area contributed by atoms with E-state index >= 15 is 0 Å². The second-order valence-corrected chi connectivity index (χ2v) is 6.60. The van der Waals surface area contributed by atoms with Crippen LogP contribution in [0, 0.1) is 6.92 Å². The highest BCUT2D eigenvalue weighted by atomic mass is 16.1. The molecule has 1 aliphatic carbocycles. The van der Waals surface area contributed by atoms with Crippen molar-refractivity contribution >= 4 is 0 Å². The van der Waals surface area contributed by atoms with Crippen LogP contribution < -0.4 is 11.3 Å². The second-order valence-electron chi connectivity index (χ2n) is 6.60. The van der Waals surface area contributed by atoms with Crippen molar-refractivity contribution in [2.24, 2.45) is 5.73 Å². The first kappa shape index (κ1) is 16.0. The highest BCUT2D eigenvalue weighted by Gasteiger charge is 2.17. The molecule has 1 atom stereocenters. The summed E-state index contributed by atoms with van der Waals surface area (Å²) in [4.78, 5) is 12.8. The molecule has 3 nitrogen and oxygen atoms in total. The summed E-state index contributed by atoms with van der Waals surface area (Å²) in [6, 6.07) is 10.1. The number of hydrogen-bond acceptors (Lipinski definition) is 2. The summed E-state index contributed by atoms with van der Waals surface area (Å²) in [5.41, 5.74) is 12.1. The number of hydrogen-bond donors (Lipinski definition) is 1. The van der Waals surface area contributed by atoms with Gasteiger partial charge in [-0.1, -0.05) is 25.1 Å². The monoisotopic (exact) mass is 310 g/mol. The van der Waals surface area contributed by atoms with E-state index in [4.69, 9.17) is 5.73 Å². The lowest BCUT2D eigenvalue weighted by Crippen LogP contribution is -2.30. The van der Waals surface area contributed by atoms with Crippen LogP contribution in [0.1, 0.15) is 60.2 Å².